The van der Waals surface area contributed by atoms with E-state index in [-0.39, 0.29) is 0 Å². The maximum Gasteiger partial charge on any atom is -0.00653 e. The summed E-state index contributed by atoms with van der Waals surface area (Å²) in [7, 11) is 6.00. The van der Waals surface area contributed by atoms with Crippen molar-refractivity contribution in [2.75, 3.05) is 34.2 Å². The summed E-state index contributed by atoms with van der Waals surface area (Å²) >= 11 is 0. The molecule has 0 amide bonds. The molecular formula is C6H19N3. The second kappa shape index (κ2) is 10.8. The molecule has 0 rings (SSSR count). The number of rotatable bonds is 2. The highest BCUT2D eigenvalue weighted by atomic mass is 15.0. The molecule has 0 fully saturated rings. The van der Waals surface area contributed by atoms with Gasteiger partial charge in [0, 0.05) is 0 Å². The summed E-state index contributed by atoms with van der Waals surface area (Å²) in [6.45, 7) is 1.44. The first-order valence-electron chi connectivity index (χ1n) is 3.16. The van der Waals surface area contributed by atoms with Gasteiger partial charge in [-0.25, -0.2) is 0 Å². The molecule has 3 nitrogen and oxygen atoms in total. The van der Waals surface area contributed by atoms with E-state index in [9.17, 15) is 0 Å². The van der Waals surface area contributed by atoms with Crippen molar-refractivity contribution in [3.05, 3.63) is 0 Å². The Bertz CT molecular complexity index is 32.5. The zero-order chi connectivity index (χ0) is 7.70. The minimum absolute atomic E-state index is 0.719. The van der Waals surface area contributed by atoms with Crippen LogP contribution in [-0.4, -0.2) is 39.1 Å². The molecule has 0 bridgehead atoms. The van der Waals surface area contributed by atoms with Gasteiger partial charge < -0.3 is 16.4 Å². The van der Waals surface area contributed by atoms with Crippen molar-refractivity contribution in [1.29, 1.82) is 0 Å². The third-order valence-electron chi connectivity index (χ3n) is 0.408. The van der Waals surface area contributed by atoms with Crippen molar-refractivity contribution >= 4 is 0 Å². The van der Waals surface area contributed by atoms with Crippen molar-refractivity contribution in [2.45, 2.75) is 6.42 Å². The van der Waals surface area contributed by atoms with Gasteiger partial charge in [-0.1, -0.05) is 0 Å². The van der Waals surface area contributed by atoms with Crippen molar-refractivity contribution in [3.63, 3.8) is 0 Å². The zero-order valence-electron chi connectivity index (χ0n) is 6.72. The summed E-state index contributed by atoms with van der Waals surface area (Å²) in [5.74, 6) is 0. The number of hydrogen-bond acceptors (Lipinski definition) is 3. The van der Waals surface area contributed by atoms with Gasteiger partial charge in [-0.05, 0) is 40.7 Å². The Morgan fingerprint density at radius 2 is 1.22 bits per heavy atom. The fraction of sp³-hybridized carbons (Fsp3) is 1.00. The van der Waals surface area contributed by atoms with Crippen LogP contribution in [0, 0.1) is 0 Å². The standard InChI is InChI=1S/C3H10N2.C3H9N/c4-2-1-3-5;1-4(2)3/h1-5H2;1-3H3. The smallest absolute Gasteiger partial charge is 0.00653 e. The monoisotopic (exact) mass is 133 g/mol. The van der Waals surface area contributed by atoms with Crippen LogP contribution in [0.1, 0.15) is 6.42 Å². The van der Waals surface area contributed by atoms with Gasteiger partial charge in [0.15, 0.2) is 0 Å². The number of nitrogens with two attached hydrogens (primary N) is 2. The first-order chi connectivity index (χ1) is 4.15. The van der Waals surface area contributed by atoms with Gasteiger partial charge in [0.1, 0.15) is 0 Å². The lowest BCUT2D eigenvalue weighted by atomic mass is 10.4. The van der Waals surface area contributed by atoms with Crippen LogP contribution in [-0.2, 0) is 0 Å². The predicted octanol–water partition coefficient (Wildman–Crippen LogP) is -0.528. The molecule has 0 heterocycles. The Morgan fingerprint density at radius 3 is 1.22 bits per heavy atom. The highest BCUT2D eigenvalue weighted by molar-refractivity contribution is 4.33. The van der Waals surface area contributed by atoms with Crippen LogP contribution in [0.5, 0.6) is 0 Å². The zero-order valence-corrected chi connectivity index (χ0v) is 6.72. The third-order valence-corrected chi connectivity index (χ3v) is 0.408. The van der Waals surface area contributed by atoms with Crippen molar-refractivity contribution in [1.82, 2.24) is 4.90 Å². The van der Waals surface area contributed by atoms with Crippen LogP contribution in [0.2, 0.25) is 0 Å². The van der Waals surface area contributed by atoms with E-state index in [1.54, 1.807) is 0 Å². The summed E-state index contributed by atoms with van der Waals surface area (Å²) in [5, 5.41) is 0. The van der Waals surface area contributed by atoms with E-state index in [4.69, 9.17) is 11.5 Å². The largest absolute Gasteiger partial charge is 0.330 e. The third kappa shape index (κ3) is 77.1. The molecule has 0 radical (unpaired) electrons. The van der Waals surface area contributed by atoms with Crippen LogP contribution in [0.3, 0.4) is 0 Å². The van der Waals surface area contributed by atoms with Gasteiger partial charge in [0.25, 0.3) is 0 Å². The maximum absolute atomic E-state index is 5.06. The van der Waals surface area contributed by atoms with Gasteiger partial charge in [-0.2, -0.15) is 0 Å². The van der Waals surface area contributed by atoms with E-state index in [1.807, 2.05) is 26.0 Å². The Kier molecular flexibility index (Phi) is 14.0. The maximum atomic E-state index is 5.06. The Hall–Kier alpha value is -0.120. The van der Waals surface area contributed by atoms with E-state index in [0.29, 0.717) is 0 Å². The fourth-order valence-corrected chi connectivity index (χ4v) is 0.118. The topological polar surface area (TPSA) is 55.3 Å². The van der Waals surface area contributed by atoms with Gasteiger partial charge in [-0.15, -0.1) is 0 Å². The van der Waals surface area contributed by atoms with Crippen LogP contribution < -0.4 is 11.5 Å². The molecule has 58 valence electrons. The molecule has 4 N–H and O–H groups in total. The fourth-order valence-electron chi connectivity index (χ4n) is 0.118. The Labute approximate surface area is 58.0 Å². The van der Waals surface area contributed by atoms with Crippen LogP contribution in [0.4, 0.5) is 0 Å². The molecule has 0 aliphatic heterocycles. The molecule has 0 aliphatic rings. The average Bonchev–Trinajstić information content (AvgIpc) is 1.66. The van der Waals surface area contributed by atoms with E-state index in [1.165, 1.54) is 0 Å². The molecule has 0 spiro atoms. The lowest BCUT2D eigenvalue weighted by molar-refractivity contribution is 0.505. The van der Waals surface area contributed by atoms with Crippen LogP contribution in [0.25, 0.3) is 0 Å². The molecule has 0 saturated heterocycles. The minimum Gasteiger partial charge on any atom is -0.330 e. The summed E-state index contributed by atoms with van der Waals surface area (Å²) < 4.78 is 0. The van der Waals surface area contributed by atoms with Crippen LogP contribution in [0.15, 0.2) is 0 Å². The van der Waals surface area contributed by atoms with Gasteiger partial charge in [0.05, 0.1) is 0 Å². The molecule has 0 aromatic carbocycles. The lowest BCUT2D eigenvalue weighted by Crippen LogP contribution is -2.06. The second-order valence-electron chi connectivity index (χ2n) is 2.27. The number of nitrogens with zero attached hydrogens (tertiary/aromatic N) is 1. The summed E-state index contributed by atoms with van der Waals surface area (Å²) in [6, 6.07) is 0. The van der Waals surface area contributed by atoms with Crippen molar-refractivity contribution in [3.8, 4) is 0 Å². The van der Waals surface area contributed by atoms with E-state index >= 15 is 0 Å². The second-order valence-corrected chi connectivity index (χ2v) is 2.27. The first kappa shape index (κ1) is 11.6. The van der Waals surface area contributed by atoms with Gasteiger partial charge >= 0.3 is 0 Å². The summed E-state index contributed by atoms with van der Waals surface area (Å²) in [5.41, 5.74) is 10.1. The first-order valence-corrected chi connectivity index (χ1v) is 3.16. The molecule has 0 unspecified atom stereocenters. The van der Waals surface area contributed by atoms with E-state index < -0.39 is 0 Å². The molecule has 0 atom stereocenters. The van der Waals surface area contributed by atoms with E-state index in [2.05, 4.69) is 0 Å². The summed E-state index contributed by atoms with van der Waals surface area (Å²) in [4.78, 5) is 2.00. The van der Waals surface area contributed by atoms with Crippen molar-refractivity contribution < 1.29 is 0 Å². The van der Waals surface area contributed by atoms with Crippen LogP contribution >= 0.6 is 0 Å². The minimum atomic E-state index is 0.719. The SMILES string of the molecule is CN(C)C.NCCCN. The normalized spacial score (nSPS) is 8.67. The van der Waals surface area contributed by atoms with Gasteiger partial charge in [0.2, 0.25) is 0 Å². The Morgan fingerprint density at radius 1 is 1.00 bits per heavy atom. The molecule has 0 saturated carbocycles. The highest BCUT2D eigenvalue weighted by Gasteiger charge is 1.67. The predicted molar refractivity (Wildman–Crippen MR) is 42.3 cm³/mol. The number of hydrogen-bond donors (Lipinski definition) is 2. The molecule has 9 heavy (non-hydrogen) atoms. The molecule has 0 aromatic rings. The Balaban J connectivity index is 0. The molecule has 3 heteroatoms. The molecule has 0 aromatic heterocycles. The quantitative estimate of drug-likeness (QED) is 0.532. The molecular weight excluding hydrogens is 114 g/mol. The highest BCUT2D eigenvalue weighted by Crippen LogP contribution is 1.58. The molecule has 0 aliphatic carbocycles. The average molecular weight is 133 g/mol. The lowest BCUT2D eigenvalue weighted by Gasteiger charge is -1.90. The van der Waals surface area contributed by atoms with E-state index in [0.717, 1.165) is 19.5 Å². The summed E-state index contributed by atoms with van der Waals surface area (Å²) in [6.07, 6.45) is 0.944. The van der Waals surface area contributed by atoms with Crippen molar-refractivity contribution in [2.24, 2.45) is 11.5 Å². The van der Waals surface area contributed by atoms with Gasteiger partial charge in [-0.3, -0.25) is 0 Å².